The van der Waals surface area contributed by atoms with Crippen LogP contribution in [0.5, 0.6) is 0 Å². The Bertz CT molecular complexity index is 1140. The summed E-state index contributed by atoms with van der Waals surface area (Å²) in [6.45, 7) is 17.7. The molecule has 0 aromatic heterocycles. The minimum absolute atomic E-state index is 0.138. The van der Waals surface area contributed by atoms with Gasteiger partial charge in [0.1, 0.15) is 6.10 Å². The normalized spacial score (nSPS) is 36.0. The lowest BCUT2D eigenvalue weighted by Gasteiger charge is -2.62. The van der Waals surface area contributed by atoms with Crippen LogP contribution in [0.2, 0.25) is 0 Å². The van der Waals surface area contributed by atoms with Crippen LogP contribution in [0.15, 0.2) is 46.6 Å². The molecule has 6 heteroatoms. The van der Waals surface area contributed by atoms with E-state index in [0.717, 1.165) is 36.0 Å². The molecular formula is C34H50O6. The summed E-state index contributed by atoms with van der Waals surface area (Å²) in [6.07, 6.45) is 11.5. The fraction of sp³-hybridized carbons (Fsp3) is 0.676. The number of Topliss-reactive ketones (excluding diaryl/α,β-unsaturated/α-hetero) is 1. The lowest BCUT2D eigenvalue weighted by molar-refractivity contribution is -0.189. The van der Waals surface area contributed by atoms with Crippen molar-refractivity contribution in [1.29, 1.82) is 0 Å². The summed E-state index contributed by atoms with van der Waals surface area (Å²) < 4.78 is 11.0. The lowest BCUT2D eigenvalue weighted by atomic mass is 9.43. The van der Waals surface area contributed by atoms with E-state index in [1.54, 1.807) is 0 Å². The third-order valence-corrected chi connectivity index (χ3v) is 10.3. The summed E-state index contributed by atoms with van der Waals surface area (Å²) in [5, 5.41) is 11.1. The first-order chi connectivity index (χ1) is 18.6. The van der Waals surface area contributed by atoms with Crippen molar-refractivity contribution in [3.8, 4) is 0 Å². The molecule has 0 spiro atoms. The summed E-state index contributed by atoms with van der Waals surface area (Å²) >= 11 is 0. The number of ether oxygens (including phenoxy) is 2. The van der Waals surface area contributed by atoms with E-state index in [-0.39, 0.29) is 53.1 Å². The largest absolute Gasteiger partial charge is 0.465 e. The summed E-state index contributed by atoms with van der Waals surface area (Å²) in [5.41, 5.74) is 3.11. The predicted molar refractivity (Wildman–Crippen MR) is 157 cm³/mol. The van der Waals surface area contributed by atoms with Gasteiger partial charge in [0.2, 0.25) is 0 Å². The number of fused-ring (bicyclic) bond motifs is 3. The number of carbonyl (C=O) groups is 3. The van der Waals surface area contributed by atoms with Crippen molar-refractivity contribution in [3.63, 3.8) is 0 Å². The van der Waals surface area contributed by atoms with Gasteiger partial charge >= 0.3 is 11.9 Å². The first-order valence-electron chi connectivity index (χ1n) is 14.8. The summed E-state index contributed by atoms with van der Waals surface area (Å²) in [4.78, 5) is 36.9. The lowest BCUT2D eigenvalue weighted by Crippen LogP contribution is -2.60. The Morgan fingerprint density at radius 3 is 2.27 bits per heavy atom. The number of hydrogen-bond donors (Lipinski definition) is 1. The van der Waals surface area contributed by atoms with Crippen LogP contribution in [0.25, 0.3) is 0 Å². The van der Waals surface area contributed by atoms with E-state index in [0.29, 0.717) is 19.3 Å². The van der Waals surface area contributed by atoms with Gasteiger partial charge in [-0.2, -0.15) is 0 Å². The number of allylic oxidation sites excluding steroid dienone is 6. The summed E-state index contributed by atoms with van der Waals surface area (Å²) in [5.74, 6) is -0.0879. The zero-order valence-electron chi connectivity index (χ0n) is 26.1. The van der Waals surface area contributed by atoms with Crippen LogP contribution in [0, 0.1) is 28.1 Å². The zero-order valence-corrected chi connectivity index (χ0v) is 26.1. The molecule has 0 bridgehead atoms. The second-order valence-electron chi connectivity index (χ2n) is 13.5. The number of ketones is 1. The number of aliphatic hydroxyl groups excluding tert-OH is 1. The number of aliphatic hydroxyl groups is 1. The Kier molecular flexibility index (Phi) is 9.76. The van der Waals surface area contributed by atoms with Gasteiger partial charge in [-0.15, -0.1) is 0 Å². The molecule has 3 aliphatic carbocycles. The predicted octanol–water partition coefficient (Wildman–Crippen LogP) is 6.83. The maximum Gasteiger partial charge on any atom is 0.303 e. The molecule has 0 saturated heterocycles. The molecule has 3 saturated carbocycles. The first-order valence-corrected chi connectivity index (χ1v) is 14.8. The van der Waals surface area contributed by atoms with Gasteiger partial charge in [-0.25, -0.2) is 0 Å². The molecule has 0 aliphatic heterocycles. The smallest absolute Gasteiger partial charge is 0.303 e. The molecule has 0 radical (unpaired) electrons. The molecule has 0 amide bonds. The number of rotatable bonds is 8. The molecule has 3 fully saturated rings. The van der Waals surface area contributed by atoms with Crippen molar-refractivity contribution >= 4 is 17.7 Å². The van der Waals surface area contributed by atoms with Crippen molar-refractivity contribution in [2.24, 2.45) is 28.1 Å². The number of hydrogen-bond acceptors (Lipinski definition) is 6. The van der Waals surface area contributed by atoms with Crippen LogP contribution in [0.4, 0.5) is 0 Å². The fourth-order valence-corrected chi connectivity index (χ4v) is 8.25. The third-order valence-electron chi connectivity index (χ3n) is 10.3. The van der Waals surface area contributed by atoms with E-state index in [4.69, 9.17) is 9.47 Å². The summed E-state index contributed by atoms with van der Waals surface area (Å²) in [6, 6.07) is 0. The van der Waals surface area contributed by atoms with Crippen LogP contribution >= 0.6 is 0 Å². The van der Waals surface area contributed by atoms with Crippen LogP contribution in [-0.2, 0) is 23.9 Å². The molecular weight excluding hydrogens is 504 g/mol. The molecule has 7 unspecified atom stereocenters. The molecule has 0 heterocycles. The fourth-order valence-electron chi connectivity index (χ4n) is 8.25. The quantitative estimate of drug-likeness (QED) is 0.153. The molecule has 0 aromatic carbocycles. The monoisotopic (exact) mass is 554 g/mol. The zero-order chi connectivity index (χ0) is 30.0. The maximum atomic E-state index is 13.6. The van der Waals surface area contributed by atoms with Gasteiger partial charge in [-0.05, 0) is 81.8 Å². The van der Waals surface area contributed by atoms with Crippen molar-refractivity contribution in [2.45, 2.75) is 113 Å². The highest BCUT2D eigenvalue weighted by Crippen LogP contribution is 2.69. The molecule has 0 aromatic rings. The van der Waals surface area contributed by atoms with Crippen molar-refractivity contribution < 1.29 is 29.0 Å². The second kappa shape index (κ2) is 12.2. The highest BCUT2D eigenvalue weighted by Gasteiger charge is 2.65. The molecule has 1 N–H and O–H groups in total. The molecule has 40 heavy (non-hydrogen) atoms. The maximum absolute atomic E-state index is 13.6. The van der Waals surface area contributed by atoms with E-state index >= 15 is 0 Å². The average Bonchev–Trinajstić information content (AvgIpc) is 3.13. The van der Waals surface area contributed by atoms with Gasteiger partial charge in [0, 0.05) is 43.1 Å². The topological polar surface area (TPSA) is 89.9 Å². The SMILES string of the molecule is CC(=O)OCC1(C)C(O)CCC2(C)C3CC(=O)C(=C(C)C=CC=C(C)C(CC=C(C)C)OC(C)=O)C3(C)CCC12. The Morgan fingerprint density at radius 1 is 1.00 bits per heavy atom. The molecule has 3 aliphatic rings. The van der Waals surface area contributed by atoms with Crippen LogP contribution in [-0.4, -0.2) is 41.6 Å². The van der Waals surface area contributed by atoms with Crippen LogP contribution < -0.4 is 0 Å². The Hall–Kier alpha value is -2.47. The minimum Gasteiger partial charge on any atom is -0.465 e. The van der Waals surface area contributed by atoms with Crippen molar-refractivity contribution in [1.82, 2.24) is 0 Å². The molecule has 6 nitrogen and oxygen atoms in total. The van der Waals surface area contributed by atoms with E-state index in [2.05, 4.69) is 26.8 Å². The van der Waals surface area contributed by atoms with Gasteiger partial charge in [-0.1, -0.05) is 50.6 Å². The summed E-state index contributed by atoms with van der Waals surface area (Å²) in [7, 11) is 0. The Balaban J connectivity index is 1.90. The van der Waals surface area contributed by atoms with Crippen molar-refractivity contribution in [2.75, 3.05) is 6.61 Å². The van der Waals surface area contributed by atoms with Crippen LogP contribution in [0.1, 0.15) is 101 Å². The van der Waals surface area contributed by atoms with E-state index in [1.165, 1.54) is 19.4 Å². The van der Waals surface area contributed by atoms with Crippen molar-refractivity contribution in [3.05, 3.63) is 46.6 Å². The first kappa shape index (κ1) is 32.0. The van der Waals surface area contributed by atoms with E-state index < -0.39 is 11.5 Å². The highest BCUT2D eigenvalue weighted by molar-refractivity contribution is 6.00. The molecule has 3 rings (SSSR count). The van der Waals surface area contributed by atoms with E-state index in [1.807, 2.05) is 45.9 Å². The van der Waals surface area contributed by atoms with Gasteiger partial charge in [0.15, 0.2) is 5.78 Å². The average molecular weight is 555 g/mol. The van der Waals surface area contributed by atoms with Gasteiger partial charge < -0.3 is 14.6 Å². The minimum atomic E-state index is -0.534. The number of esters is 2. The van der Waals surface area contributed by atoms with Crippen LogP contribution in [0.3, 0.4) is 0 Å². The molecule has 7 atom stereocenters. The Morgan fingerprint density at radius 2 is 1.68 bits per heavy atom. The highest BCUT2D eigenvalue weighted by atomic mass is 16.5. The number of carbonyl (C=O) groups excluding carboxylic acids is 3. The molecule has 222 valence electrons. The van der Waals surface area contributed by atoms with E-state index in [9.17, 15) is 19.5 Å². The van der Waals surface area contributed by atoms with Gasteiger partial charge in [0.25, 0.3) is 0 Å². The third kappa shape index (κ3) is 6.22. The second-order valence-corrected chi connectivity index (χ2v) is 13.5. The van der Waals surface area contributed by atoms with Gasteiger partial charge in [0.05, 0.1) is 12.7 Å². The standard InChI is InChI=1S/C34H50O6/c1-21(2)13-14-27(40-25(6)36)22(3)11-10-12-23(4)31-26(37)19-29-32(7)18-16-30(38)34(9,20-39-24(5)35)28(32)15-17-33(29,31)8/h10-13,27-30,38H,14-20H2,1-9H3. The van der Waals surface area contributed by atoms with Gasteiger partial charge in [-0.3, -0.25) is 14.4 Å². The Labute approximate surface area is 241 Å².